The Bertz CT molecular complexity index is 367. The van der Waals surface area contributed by atoms with E-state index in [-0.39, 0.29) is 6.42 Å². The van der Waals surface area contributed by atoms with Crippen molar-refractivity contribution in [1.29, 1.82) is 0 Å². The summed E-state index contributed by atoms with van der Waals surface area (Å²) in [6.45, 7) is 0. The molecule has 0 spiro atoms. The summed E-state index contributed by atoms with van der Waals surface area (Å²) in [7, 11) is 0. The summed E-state index contributed by atoms with van der Waals surface area (Å²) in [4.78, 5) is 10.4. The molecule has 0 aliphatic heterocycles. The van der Waals surface area contributed by atoms with E-state index in [1.807, 2.05) is 0 Å². The van der Waals surface area contributed by atoms with E-state index >= 15 is 0 Å². The van der Waals surface area contributed by atoms with Gasteiger partial charge in [-0.3, -0.25) is 4.79 Å². The fourth-order valence-electron chi connectivity index (χ4n) is 1.22. The van der Waals surface area contributed by atoms with Crippen LogP contribution in [0.15, 0.2) is 16.6 Å². The second-order valence-corrected chi connectivity index (χ2v) is 2.75. The van der Waals surface area contributed by atoms with Gasteiger partial charge < -0.3 is 9.52 Å². The number of carbonyl (C=O) groups is 1. The number of rotatable bonds is 2. The number of fused-ring (bicyclic) bond motifs is 1. The van der Waals surface area contributed by atoms with Gasteiger partial charge >= 0.3 is 5.97 Å². The van der Waals surface area contributed by atoms with Crippen LogP contribution in [0, 0.1) is 6.08 Å². The first-order valence-corrected chi connectivity index (χ1v) is 3.86. The summed E-state index contributed by atoms with van der Waals surface area (Å²) >= 11 is 0. The number of hydrogen-bond donors (Lipinski definition) is 1. The fraction of sp³-hybridized carbons (Fsp3) is 0.100. The van der Waals surface area contributed by atoms with Gasteiger partial charge in [0.15, 0.2) is 0 Å². The maximum Gasteiger partial charge on any atom is 0.311 e. The van der Waals surface area contributed by atoms with Gasteiger partial charge in [-0.05, 0) is 0 Å². The molecule has 1 aliphatic carbocycles. The van der Waals surface area contributed by atoms with Crippen LogP contribution in [0.3, 0.4) is 0 Å². The zero-order valence-electron chi connectivity index (χ0n) is 6.78. The van der Waals surface area contributed by atoms with Crippen LogP contribution < -0.4 is 0 Å². The minimum Gasteiger partial charge on any atom is -0.481 e. The minimum atomic E-state index is -0.886. The van der Waals surface area contributed by atoms with Crippen LogP contribution in [0.4, 0.5) is 0 Å². The molecule has 0 aromatic carbocycles. The van der Waals surface area contributed by atoms with Crippen molar-refractivity contribution < 1.29 is 14.3 Å². The average molecular weight is 175 g/mol. The van der Waals surface area contributed by atoms with E-state index < -0.39 is 5.97 Å². The van der Waals surface area contributed by atoms with Crippen molar-refractivity contribution in [3.05, 3.63) is 35.3 Å². The van der Waals surface area contributed by atoms with Crippen LogP contribution in [-0.2, 0) is 11.2 Å². The second-order valence-electron chi connectivity index (χ2n) is 2.75. The summed E-state index contributed by atoms with van der Waals surface area (Å²) in [6.07, 6.45) is 8.09. The topological polar surface area (TPSA) is 50.4 Å². The summed E-state index contributed by atoms with van der Waals surface area (Å²) in [5.41, 5.74) is 0.888. The zero-order chi connectivity index (χ0) is 9.26. The Morgan fingerprint density at radius 3 is 3.15 bits per heavy atom. The van der Waals surface area contributed by atoms with Gasteiger partial charge in [-0.25, -0.2) is 0 Å². The van der Waals surface area contributed by atoms with Gasteiger partial charge in [-0.2, -0.15) is 0 Å². The van der Waals surface area contributed by atoms with Gasteiger partial charge in [0.1, 0.15) is 29.9 Å². The molecule has 0 saturated heterocycles. The van der Waals surface area contributed by atoms with Crippen molar-refractivity contribution in [2.75, 3.05) is 0 Å². The van der Waals surface area contributed by atoms with Crippen molar-refractivity contribution in [3.8, 4) is 0 Å². The molecule has 2 rings (SSSR count). The van der Waals surface area contributed by atoms with Crippen molar-refractivity contribution in [3.63, 3.8) is 0 Å². The molecule has 1 heterocycles. The molecule has 64 valence electrons. The first-order valence-electron chi connectivity index (χ1n) is 3.86. The smallest absolute Gasteiger partial charge is 0.311 e. The number of hydrogen-bond acceptors (Lipinski definition) is 2. The van der Waals surface area contributed by atoms with E-state index in [2.05, 4.69) is 6.08 Å². The molecule has 0 fully saturated rings. The van der Waals surface area contributed by atoms with Gasteiger partial charge in [0, 0.05) is 12.1 Å². The summed E-state index contributed by atoms with van der Waals surface area (Å²) in [6, 6.07) is 1.72. The third-order valence-corrected chi connectivity index (χ3v) is 1.74. The summed E-state index contributed by atoms with van der Waals surface area (Å²) in [5.74, 6) is 0.292. The number of carboxylic acids is 1. The number of carboxylic acid groups (broad SMARTS) is 1. The Balaban J connectivity index is 2.32. The molecule has 0 radical (unpaired) electrons. The Hall–Kier alpha value is -1.86. The Morgan fingerprint density at radius 1 is 1.62 bits per heavy atom. The Kier molecular flexibility index (Phi) is 1.72. The van der Waals surface area contributed by atoms with E-state index in [1.165, 1.54) is 0 Å². The van der Waals surface area contributed by atoms with Crippen LogP contribution in [0.25, 0.3) is 12.2 Å². The van der Waals surface area contributed by atoms with Gasteiger partial charge in [-0.1, -0.05) is 0 Å². The largest absolute Gasteiger partial charge is 0.481 e. The quantitative estimate of drug-likeness (QED) is 0.696. The maximum absolute atomic E-state index is 10.4. The predicted octanol–water partition coefficient (Wildman–Crippen LogP) is 1.75. The van der Waals surface area contributed by atoms with Gasteiger partial charge in [0.25, 0.3) is 0 Å². The van der Waals surface area contributed by atoms with E-state index in [4.69, 9.17) is 9.52 Å². The number of furan rings is 1. The minimum absolute atomic E-state index is 0.0747. The standard InChI is InChI=1S/C10H6O3/c11-10(12)6-8-5-7-3-1-2-4-9(7)13-8/h2-5H,6H2/p+1. The third-order valence-electron chi connectivity index (χ3n) is 1.74. The van der Waals surface area contributed by atoms with E-state index in [0.717, 1.165) is 5.56 Å². The normalized spacial score (nSPS) is 12.3. The predicted molar refractivity (Wildman–Crippen MR) is 46.8 cm³/mol. The molecule has 0 bridgehead atoms. The SMILES string of the molecule is O=C(O)Cc1cc2c(o1)C=C[C+]=C2. The number of allylic oxidation sites excluding steroid dienone is 2. The molecule has 0 unspecified atom stereocenters. The van der Waals surface area contributed by atoms with Crippen LogP contribution in [0.5, 0.6) is 0 Å². The number of aliphatic carboxylic acids is 1. The van der Waals surface area contributed by atoms with E-state index in [1.54, 1.807) is 24.3 Å². The molecule has 13 heavy (non-hydrogen) atoms. The third kappa shape index (κ3) is 1.50. The van der Waals surface area contributed by atoms with E-state index in [0.29, 0.717) is 11.5 Å². The molecule has 3 heteroatoms. The molecule has 3 nitrogen and oxygen atoms in total. The second kappa shape index (κ2) is 2.88. The Morgan fingerprint density at radius 2 is 2.46 bits per heavy atom. The monoisotopic (exact) mass is 175 g/mol. The van der Waals surface area contributed by atoms with Gasteiger partial charge in [0.05, 0.1) is 6.08 Å². The maximum atomic E-state index is 10.4. The molecule has 1 aliphatic rings. The fourth-order valence-corrected chi connectivity index (χ4v) is 1.22. The van der Waals surface area contributed by atoms with Gasteiger partial charge in [-0.15, -0.1) is 0 Å². The van der Waals surface area contributed by atoms with Crippen molar-refractivity contribution >= 4 is 18.1 Å². The van der Waals surface area contributed by atoms with Crippen molar-refractivity contribution in [2.24, 2.45) is 0 Å². The van der Waals surface area contributed by atoms with Crippen LogP contribution in [0.2, 0.25) is 0 Å². The highest BCUT2D eigenvalue weighted by molar-refractivity contribution is 5.71. The molecular weight excluding hydrogens is 168 g/mol. The highest BCUT2D eigenvalue weighted by Gasteiger charge is 2.17. The van der Waals surface area contributed by atoms with Gasteiger partial charge in [0.2, 0.25) is 5.76 Å². The summed E-state index contributed by atoms with van der Waals surface area (Å²) in [5, 5.41) is 8.52. The highest BCUT2D eigenvalue weighted by Crippen LogP contribution is 2.21. The van der Waals surface area contributed by atoms with E-state index in [9.17, 15) is 4.79 Å². The first-order chi connectivity index (χ1) is 6.25. The molecule has 0 atom stereocenters. The molecule has 0 saturated carbocycles. The molecule has 1 aromatic heterocycles. The summed E-state index contributed by atoms with van der Waals surface area (Å²) < 4.78 is 5.28. The van der Waals surface area contributed by atoms with Crippen LogP contribution in [0.1, 0.15) is 17.1 Å². The molecule has 1 N–H and O–H groups in total. The highest BCUT2D eigenvalue weighted by atomic mass is 16.4. The van der Waals surface area contributed by atoms with Crippen molar-refractivity contribution in [1.82, 2.24) is 0 Å². The zero-order valence-corrected chi connectivity index (χ0v) is 6.78. The van der Waals surface area contributed by atoms with Crippen LogP contribution >= 0.6 is 0 Å². The first kappa shape index (κ1) is 7.77. The molecule has 1 aromatic rings. The van der Waals surface area contributed by atoms with Crippen molar-refractivity contribution in [2.45, 2.75) is 6.42 Å². The lowest BCUT2D eigenvalue weighted by atomic mass is 10.1. The average Bonchev–Trinajstić information content (AvgIpc) is 2.44. The lowest BCUT2D eigenvalue weighted by molar-refractivity contribution is -0.136. The lowest BCUT2D eigenvalue weighted by Gasteiger charge is -1.86. The molecule has 0 amide bonds. The van der Waals surface area contributed by atoms with Crippen LogP contribution in [-0.4, -0.2) is 11.1 Å². The molecular formula is C10H7O3+. The lowest BCUT2D eigenvalue weighted by Crippen LogP contribution is -1.97. The Labute approximate surface area is 75.0 Å².